The van der Waals surface area contributed by atoms with Crippen molar-refractivity contribution in [3.63, 3.8) is 0 Å². The van der Waals surface area contributed by atoms with Gasteiger partial charge in [0.05, 0.1) is 18.8 Å². The summed E-state index contributed by atoms with van der Waals surface area (Å²) in [6.45, 7) is 8.01. The number of methoxy groups -OCH3 is 1. The van der Waals surface area contributed by atoms with Crippen molar-refractivity contribution in [3.8, 4) is 5.75 Å². The predicted octanol–water partition coefficient (Wildman–Crippen LogP) is 5.34. The van der Waals surface area contributed by atoms with E-state index in [1.54, 1.807) is 7.11 Å². The fraction of sp³-hybridized carbons (Fsp3) is 0.269. The highest BCUT2D eigenvalue weighted by Gasteiger charge is 2.37. The maximum absolute atomic E-state index is 13.7. The van der Waals surface area contributed by atoms with Crippen molar-refractivity contribution in [3.05, 3.63) is 98.6 Å². The van der Waals surface area contributed by atoms with Crippen LogP contribution in [0.15, 0.2) is 48.5 Å². The molecule has 0 fully saturated rings. The Morgan fingerprint density at radius 3 is 2.17 bits per heavy atom. The number of aliphatic hydroxyl groups is 1. The average Bonchev–Trinajstić information content (AvgIpc) is 2.77. The zero-order valence-electron chi connectivity index (χ0n) is 17.5. The van der Waals surface area contributed by atoms with E-state index in [4.69, 9.17) is 4.74 Å². The maximum atomic E-state index is 13.7. The van der Waals surface area contributed by atoms with Gasteiger partial charge in [-0.2, -0.15) is 0 Å². The highest BCUT2D eigenvalue weighted by Crippen LogP contribution is 2.46. The summed E-state index contributed by atoms with van der Waals surface area (Å²) in [5, 5.41) is 11.6. The summed E-state index contributed by atoms with van der Waals surface area (Å²) in [6, 6.07) is 16.0. The molecule has 2 atom stereocenters. The van der Waals surface area contributed by atoms with Crippen LogP contribution in [0.4, 0.5) is 0 Å². The first-order valence-corrected chi connectivity index (χ1v) is 9.90. The molecule has 1 N–H and O–H groups in total. The Morgan fingerprint density at radius 1 is 0.862 bits per heavy atom. The van der Waals surface area contributed by atoms with Gasteiger partial charge in [0.2, 0.25) is 0 Å². The number of carbonyl (C=O) groups is 1. The highest BCUT2D eigenvalue weighted by atomic mass is 16.5. The van der Waals surface area contributed by atoms with Crippen LogP contribution in [0.2, 0.25) is 0 Å². The SMILES string of the molecule is COc1cc(C)cc2c1C(=O)c1cc(C)cc(C)c1[C@@H](c1ccc(C)cc1)[C@@H]2O. The zero-order chi connectivity index (χ0) is 20.9. The van der Waals surface area contributed by atoms with Gasteiger partial charge >= 0.3 is 0 Å². The number of rotatable bonds is 2. The third kappa shape index (κ3) is 3.16. The van der Waals surface area contributed by atoms with Gasteiger partial charge in [0.1, 0.15) is 5.75 Å². The molecule has 3 heteroatoms. The van der Waals surface area contributed by atoms with E-state index in [1.807, 2.05) is 45.9 Å². The molecule has 0 aromatic heterocycles. The van der Waals surface area contributed by atoms with Crippen molar-refractivity contribution < 1.29 is 14.6 Å². The van der Waals surface area contributed by atoms with Crippen molar-refractivity contribution in [2.75, 3.05) is 7.11 Å². The Labute approximate surface area is 172 Å². The number of carbonyl (C=O) groups excluding carboxylic acids is 1. The lowest BCUT2D eigenvalue weighted by Crippen LogP contribution is -2.14. The number of hydrogen-bond acceptors (Lipinski definition) is 3. The molecule has 148 valence electrons. The molecular weight excluding hydrogens is 360 g/mol. The van der Waals surface area contributed by atoms with Gasteiger partial charge in [-0.15, -0.1) is 0 Å². The lowest BCUT2D eigenvalue weighted by molar-refractivity contribution is 0.103. The molecular formula is C26H26O3. The number of aliphatic hydroxyl groups excluding tert-OH is 1. The zero-order valence-corrected chi connectivity index (χ0v) is 17.5. The fourth-order valence-corrected chi connectivity index (χ4v) is 4.59. The number of benzene rings is 3. The largest absolute Gasteiger partial charge is 0.496 e. The second-order valence-corrected chi connectivity index (χ2v) is 8.14. The first-order valence-electron chi connectivity index (χ1n) is 9.90. The Morgan fingerprint density at radius 2 is 1.52 bits per heavy atom. The van der Waals surface area contributed by atoms with Crippen molar-refractivity contribution in [2.45, 2.75) is 39.7 Å². The standard InChI is InChI=1S/C26H26O3/c1-14-6-8-18(9-7-14)23-22-17(4)10-15(2)11-19(22)26(28)24-20(25(23)27)12-16(3)13-21(24)29-5/h6-13,23,25,27H,1-5H3/t23-,25-/m1/s1. The number of hydrogen-bond donors (Lipinski definition) is 1. The monoisotopic (exact) mass is 386 g/mol. The molecule has 0 amide bonds. The quantitative estimate of drug-likeness (QED) is 0.647. The molecule has 0 aliphatic heterocycles. The Bertz CT molecular complexity index is 1110. The summed E-state index contributed by atoms with van der Waals surface area (Å²) in [7, 11) is 1.57. The van der Waals surface area contributed by atoms with E-state index in [0.29, 0.717) is 22.4 Å². The summed E-state index contributed by atoms with van der Waals surface area (Å²) in [4.78, 5) is 13.7. The van der Waals surface area contributed by atoms with Gasteiger partial charge in [-0.3, -0.25) is 4.79 Å². The normalized spacial score (nSPS) is 18.1. The minimum Gasteiger partial charge on any atom is -0.496 e. The second kappa shape index (κ2) is 7.16. The van der Waals surface area contributed by atoms with Gasteiger partial charge in [0, 0.05) is 11.5 Å². The number of ketones is 1. The van der Waals surface area contributed by atoms with Gasteiger partial charge in [0.25, 0.3) is 0 Å². The molecule has 0 heterocycles. The minimum absolute atomic E-state index is 0.0905. The first-order chi connectivity index (χ1) is 13.8. The van der Waals surface area contributed by atoms with E-state index >= 15 is 0 Å². The molecule has 1 aliphatic carbocycles. The molecule has 0 spiro atoms. The molecule has 3 aromatic carbocycles. The third-order valence-corrected chi connectivity index (χ3v) is 5.88. The summed E-state index contributed by atoms with van der Waals surface area (Å²) in [5.74, 6) is 0.0916. The molecule has 0 saturated heterocycles. The van der Waals surface area contributed by atoms with Gasteiger partial charge in [-0.1, -0.05) is 47.5 Å². The van der Waals surface area contributed by atoms with Crippen LogP contribution >= 0.6 is 0 Å². The first kappa shape index (κ1) is 19.4. The molecule has 0 unspecified atom stereocenters. The summed E-state index contributed by atoms with van der Waals surface area (Å²) < 4.78 is 5.57. The molecule has 3 aromatic rings. The smallest absolute Gasteiger partial charge is 0.197 e. The van der Waals surface area contributed by atoms with Crippen LogP contribution < -0.4 is 4.74 Å². The minimum atomic E-state index is -0.854. The lowest BCUT2D eigenvalue weighted by Gasteiger charge is -2.26. The molecule has 4 rings (SSSR count). The Balaban J connectivity index is 2.10. The van der Waals surface area contributed by atoms with Crippen LogP contribution in [-0.4, -0.2) is 18.0 Å². The van der Waals surface area contributed by atoms with Crippen LogP contribution in [0.3, 0.4) is 0 Å². The van der Waals surface area contributed by atoms with Crippen LogP contribution in [0.25, 0.3) is 0 Å². The summed E-state index contributed by atoms with van der Waals surface area (Å²) in [6.07, 6.45) is -0.854. The number of fused-ring (bicyclic) bond motifs is 2. The van der Waals surface area contributed by atoms with Crippen molar-refractivity contribution in [1.82, 2.24) is 0 Å². The maximum Gasteiger partial charge on any atom is 0.197 e. The molecule has 1 aliphatic rings. The molecule has 3 nitrogen and oxygen atoms in total. The van der Waals surface area contributed by atoms with E-state index in [0.717, 1.165) is 33.4 Å². The molecule has 29 heavy (non-hydrogen) atoms. The van der Waals surface area contributed by atoms with Crippen LogP contribution in [0.5, 0.6) is 5.75 Å². The number of aryl methyl sites for hydroxylation is 4. The topological polar surface area (TPSA) is 46.5 Å². The van der Waals surface area contributed by atoms with Crippen molar-refractivity contribution >= 4 is 5.78 Å². The predicted molar refractivity (Wildman–Crippen MR) is 115 cm³/mol. The van der Waals surface area contributed by atoms with Crippen LogP contribution in [0.1, 0.15) is 66.9 Å². The van der Waals surface area contributed by atoms with E-state index < -0.39 is 6.10 Å². The Kier molecular flexibility index (Phi) is 4.79. The average molecular weight is 386 g/mol. The Hall–Kier alpha value is -2.91. The van der Waals surface area contributed by atoms with E-state index in [1.165, 1.54) is 0 Å². The molecule has 0 radical (unpaired) electrons. The van der Waals surface area contributed by atoms with E-state index in [-0.39, 0.29) is 11.7 Å². The van der Waals surface area contributed by atoms with Gasteiger partial charge in [0.15, 0.2) is 5.78 Å². The fourth-order valence-electron chi connectivity index (χ4n) is 4.59. The van der Waals surface area contributed by atoms with E-state index in [2.05, 4.69) is 30.3 Å². The highest BCUT2D eigenvalue weighted by molar-refractivity contribution is 6.13. The second-order valence-electron chi connectivity index (χ2n) is 8.14. The van der Waals surface area contributed by atoms with Gasteiger partial charge < -0.3 is 9.84 Å². The van der Waals surface area contributed by atoms with Crippen LogP contribution in [0, 0.1) is 27.7 Å². The number of ether oxygens (including phenoxy) is 1. The summed E-state index contributed by atoms with van der Waals surface area (Å²) in [5.41, 5.74) is 7.79. The molecule has 0 saturated carbocycles. The third-order valence-electron chi connectivity index (χ3n) is 5.88. The van der Waals surface area contributed by atoms with Gasteiger partial charge in [-0.05, 0) is 67.6 Å². The lowest BCUT2D eigenvalue weighted by atomic mass is 9.80. The van der Waals surface area contributed by atoms with Crippen molar-refractivity contribution in [1.29, 1.82) is 0 Å². The van der Waals surface area contributed by atoms with E-state index in [9.17, 15) is 9.90 Å². The van der Waals surface area contributed by atoms with Crippen molar-refractivity contribution in [2.24, 2.45) is 0 Å². The van der Waals surface area contributed by atoms with Crippen LogP contribution in [-0.2, 0) is 0 Å². The summed E-state index contributed by atoms with van der Waals surface area (Å²) >= 11 is 0. The van der Waals surface area contributed by atoms with Gasteiger partial charge in [-0.25, -0.2) is 0 Å². The molecule has 0 bridgehead atoms.